The van der Waals surface area contributed by atoms with Crippen molar-refractivity contribution in [1.29, 1.82) is 0 Å². The Morgan fingerprint density at radius 1 is 1.23 bits per heavy atom. The number of hydrogen-bond acceptors (Lipinski definition) is 7. The molecule has 0 radical (unpaired) electrons. The average Bonchev–Trinajstić information content (AvgIpc) is 3.37. The zero-order valence-corrected chi connectivity index (χ0v) is 16.4. The fraction of sp³-hybridized carbons (Fsp3) is 0.722. The van der Waals surface area contributed by atoms with Crippen molar-refractivity contribution >= 4 is 17.7 Å². The predicted octanol–water partition coefficient (Wildman–Crippen LogP) is 3.28. The van der Waals surface area contributed by atoms with E-state index in [0.29, 0.717) is 0 Å². The minimum atomic E-state index is 0.266. The largest absolute Gasteiger partial charge is 0.376 e. The standard InChI is InChI=1S/C18H27N5O2S/c1-13-5-7-22(8-6-13)17-19-20-18(23(17)11-16-4-3-9-24-16)26-12-15-10-14(2)25-21-15/h10,13,16H,3-9,11-12H2,1-2H3/t16-/m0/s1. The van der Waals surface area contributed by atoms with Crippen LogP contribution in [0.5, 0.6) is 0 Å². The maximum atomic E-state index is 5.88. The summed E-state index contributed by atoms with van der Waals surface area (Å²) >= 11 is 1.67. The first-order valence-electron chi connectivity index (χ1n) is 9.54. The molecule has 4 heterocycles. The fourth-order valence-corrected chi connectivity index (χ4v) is 4.43. The minimum absolute atomic E-state index is 0.266. The Kier molecular flexibility index (Phi) is 5.49. The van der Waals surface area contributed by atoms with Gasteiger partial charge in [-0.2, -0.15) is 0 Å². The molecule has 2 aliphatic heterocycles. The van der Waals surface area contributed by atoms with Crippen LogP contribution in [0.2, 0.25) is 0 Å². The van der Waals surface area contributed by atoms with Crippen molar-refractivity contribution in [3.63, 3.8) is 0 Å². The van der Waals surface area contributed by atoms with Gasteiger partial charge in [-0.15, -0.1) is 10.2 Å². The Balaban J connectivity index is 1.51. The third-order valence-electron chi connectivity index (χ3n) is 5.20. The van der Waals surface area contributed by atoms with Crippen LogP contribution in [0.1, 0.15) is 44.1 Å². The Morgan fingerprint density at radius 2 is 2.08 bits per heavy atom. The molecule has 26 heavy (non-hydrogen) atoms. The number of nitrogens with zero attached hydrogens (tertiary/aromatic N) is 5. The van der Waals surface area contributed by atoms with E-state index in [1.165, 1.54) is 12.8 Å². The van der Waals surface area contributed by atoms with Crippen molar-refractivity contribution < 1.29 is 9.26 Å². The summed E-state index contributed by atoms with van der Waals surface area (Å²) in [6.07, 6.45) is 4.95. The Bertz CT molecular complexity index is 717. The highest BCUT2D eigenvalue weighted by Crippen LogP contribution is 2.29. The molecule has 4 rings (SSSR count). The molecule has 1 atom stereocenters. The van der Waals surface area contributed by atoms with Crippen LogP contribution in [0.25, 0.3) is 0 Å². The Labute approximate surface area is 158 Å². The molecule has 142 valence electrons. The summed E-state index contributed by atoms with van der Waals surface area (Å²) in [5.41, 5.74) is 0.938. The molecular formula is C18H27N5O2S. The molecule has 0 spiro atoms. The molecule has 0 saturated carbocycles. The van der Waals surface area contributed by atoms with Crippen molar-refractivity contribution in [1.82, 2.24) is 19.9 Å². The van der Waals surface area contributed by atoms with Gasteiger partial charge in [-0.3, -0.25) is 4.57 Å². The number of ether oxygens (including phenoxy) is 1. The molecule has 0 N–H and O–H groups in total. The molecule has 2 fully saturated rings. The normalized spacial score (nSPS) is 21.6. The first-order valence-corrected chi connectivity index (χ1v) is 10.5. The first-order chi connectivity index (χ1) is 12.7. The van der Waals surface area contributed by atoms with E-state index in [4.69, 9.17) is 9.26 Å². The maximum Gasteiger partial charge on any atom is 0.228 e. The summed E-state index contributed by atoms with van der Waals surface area (Å²) in [6.45, 7) is 8.04. The van der Waals surface area contributed by atoms with Crippen molar-refractivity contribution in [2.75, 3.05) is 24.6 Å². The molecule has 2 saturated heterocycles. The van der Waals surface area contributed by atoms with E-state index in [9.17, 15) is 0 Å². The highest BCUT2D eigenvalue weighted by Gasteiger charge is 2.26. The van der Waals surface area contributed by atoms with Gasteiger partial charge in [-0.05, 0) is 38.5 Å². The zero-order chi connectivity index (χ0) is 17.9. The van der Waals surface area contributed by atoms with E-state index in [0.717, 1.165) is 73.3 Å². The van der Waals surface area contributed by atoms with E-state index in [1.54, 1.807) is 11.8 Å². The summed E-state index contributed by atoms with van der Waals surface area (Å²) in [5.74, 6) is 3.36. The molecule has 0 amide bonds. The molecule has 2 aromatic heterocycles. The lowest BCUT2D eigenvalue weighted by Crippen LogP contribution is -2.35. The number of hydrogen-bond donors (Lipinski definition) is 0. The molecule has 2 aromatic rings. The smallest absolute Gasteiger partial charge is 0.228 e. The lowest BCUT2D eigenvalue weighted by molar-refractivity contribution is 0.0951. The zero-order valence-electron chi connectivity index (χ0n) is 15.6. The van der Waals surface area contributed by atoms with Crippen molar-refractivity contribution in [3.8, 4) is 0 Å². The quantitative estimate of drug-likeness (QED) is 0.716. The molecule has 0 bridgehead atoms. The van der Waals surface area contributed by atoms with Gasteiger partial charge in [0.25, 0.3) is 0 Å². The van der Waals surface area contributed by atoms with Crippen LogP contribution in [0.3, 0.4) is 0 Å². The van der Waals surface area contributed by atoms with Crippen LogP contribution in [0.15, 0.2) is 15.7 Å². The summed E-state index contributed by atoms with van der Waals surface area (Å²) < 4.78 is 13.3. The second-order valence-corrected chi connectivity index (χ2v) is 8.36. The minimum Gasteiger partial charge on any atom is -0.376 e. The van der Waals surface area contributed by atoms with Crippen LogP contribution < -0.4 is 4.90 Å². The lowest BCUT2D eigenvalue weighted by Gasteiger charge is -2.31. The van der Waals surface area contributed by atoms with Gasteiger partial charge in [-0.1, -0.05) is 23.8 Å². The van der Waals surface area contributed by atoms with E-state index < -0.39 is 0 Å². The Morgan fingerprint density at radius 3 is 2.77 bits per heavy atom. The molecule has 0 aromatic carbocycles. The molecule has 8 heteroatoms. The van der Waals surface area contributed by atoms with Gasteiger partial charge in [0.2, 0.25) is 5.95 Å². The Hall–Kier alpha value is -1.54. The molecule has 0 aliphatic carbocycles. The number of aryl methyl sites for hydroxylation is 1. The summed E-state index contributed by atoms with van der Waals surface area (Å²) in [6, 6.07) is 1.97. The van der Waals surface area contributed by atoms with Crippen LogP contribution in [0, 0.1) is 12.8 Å². The van der Waals surface area contributed by atoms with Crippen molar-refractivity contribution in [3.05, 3.63) is 17.5 Å². The summed E-state index contributed by atoms with van der Waals surface area (Å²) in [7, 11) is 0. The third-order valence-corrected chi connectivity index (χ3v) is 6.20. The van der Waals surface area contributed by atoms with Crippen molar-refractivity contribution in [2.45, 2.75) is 63.1 Å². The number of anilines is 1. The average molecular weight is 378 g/mol. The van der Waals surface area contributed by atoms with Gasteiger partial charge in [0, 0.05) is 31.5 Å². The van der Waals surface area contributed by atoms with E-state index >= 15 is 0 Å². The number of aromatic nitrogens is 4. The van der Waals surface area contributed by atoms with Crippen LogP contribution in [-0.2, 0) is 17.0 Å². The van der Waals surface area contributed by atoms with E-state index in [-0.39, 0.29) is 6.10 Å². The van der Waals surface area contributed by atoms with Gasteiger partial charge >= 0.3 is 0 Å². The van der Waals surface area contributed by atoms with Crippen LogP contribution >= 0.6 is 11.8 Å². The van der Waals surface area contributed by atoms with Crippen molar-refractivity contribution in [2.24, 2.45) is 5.92 Å². The fourth-order valence-electron chi connectivity index (χ4n) is 3.61. The summed E-state index contributed by atoms with van der Waals surface area (Å²) in [4.78, 5) is 2.38. The molecular weight excluding hydrogens is 350 g/mol. The third kappa shape index (κ3) is 4.06. The highest BCUT2D eigenvalue weighted by atomic mass is 32.2. The maximum absolute atomic E-state index is 5.88. The predicted molar refractivity (Wildman–Crippen MR) is 100 cm³/mol. The molecule has 0 unspecified atom stereocenters. The van der Waals surface area contributed by atoms with Gasteiger partial charge in [0.05, 0.1) is 18.3 Å². The van der Waals surface area contributed by atoms with E-state index in [2.05, 4.69) is 31.7 Å². The molecule has 7 nitrogen and oxygen atoms in total. The second kappa shape index (κ2) is 8.00. The van der Waals surface area contributed by atoms with Gasteiger partial charge in [0.15, 0.2) is 5.16 Å². The second-order valence-electron chi connectivity index (χ2n) is 7.42. The number of rotatable bonds is 6. The topological polar surface area (TPSA) is 69.2 Å². The summed E-state index contributed by atoms with van der Waals surface area (Å²) in [5, 5.41) is 14.1. The van der Waals surface area contributed by atoms with Crippen LogP contribution in [0.4, 0.5) is 5.95 Å². The SMILES string of the molecule is Cc1cc(CSc2nnc(N3CCC(C)CC3)n2C[C@@H]2CCCO2)no1. The monoisotopic (exact) mass is 377 g/mol. The number of piperidine rings is 1. The first kappa shape index (κ1) is 17.9. The van der Waals surface area contributed by atoms with Gasteiger partial charge in [0.1, 0.15) is 5.76 Å². The van der Waals surface area contributed by atoms with E-state index in [1.807, 2.05) is 13.0 Å². The highest BCUT2D eigenvalue weighted by molar-refractivity contribution is 7.98. The van der Waals surface area contributed by atoms with Gasteiger partial charge in [-0.25, -0.2) is 0 Å². The van der Waals surface area contributed by atoms with Gasteiger partial charge < -0.3 is 14.2 Å². The number of thioether (sulfide) groups is 1. The molecule has 2 aliphatic rings. The van der Waals surface area contributed by atoms with Crippen LogP contribution in [-0.4, -0.2) is 45.7 Å². The lowest BCUT2D eigenvalue weighted by atomic mass is 10.00.